The third kappa shape index (κ3) is 2.34. The monoisotopic (exact) mass is 368 g/mol. The number of carbonyl (C=O) groups excluding carboxylic acids is 2. The van der Waals surface area contributed by atoms with Gasteiger partial charge in [-0.15, -0.1) is 0 Å². The van der Waals surface area contributed by atoms with Crippen LogP contribution in [0.4, 0.5) is 0 Å². The Kier molecular flexibility index (Phi) is 3.71. The van der Waals surface area contributed by atoms with Crippen molar-refractivity contribution < 1.29 is 9.59 Å². The van der Waals surface area contributed by atoms with E-state index in [1.54, 1.807) is 0 Å². The summed E-state index contributed by atoms with van der Waals surface area (Å²) in [6.07, 6.45) is 11.5. The molecule has 4 heteroatoms. The molecule has 1 heterocycles. The number of amides is 2. The minimum Gasteiger partial charge on any atom is -0.270 e. The number of rotatable bonds is 2. The molecular formula is C23H32N2O2. The molecule has 27 heavy (non-hydrogen) atoms. The Balaban J connectivity index is 1.48. The quantitative estimate of drug-likeness (QED) is 0.737. The van der Waals surface area contributed by atoms with E-state index in [0.29, 0.717) is 17.8 Å². The molecular weight excluding hydrogens is 336 g/mol. The van der Waals surface area contributed by atoms with Crippen molar-refractivity contribution in [3.63, 3.8) is 0 Å². The van der Waals surface area contributed by atoms with Gasteiger partial charge in [0.2, 0.25) is 0 Å². The molecule has 1 unspecified atom stereocenters. The van der Waals surface area contributed by atoms with Gasteiger partial charge in [-0.3, -0.25) is 9.59 Å². The standard InChI is InChI=1S/C23H32N2O2/c1-13-6-5-7-19(14(13)2)21(26)25-23(3,4)22(27)24(25)20-17-9-15-8-16(11-17)12-18(20)10-15/h5,7,13,15-18,20H,6,8-12H2,1-4H3. The van der Waals surface area contributed by atoms with Gasteiger partial charge in [0.05, 0.1) is 6.04 Å². The first-order valence-corrected chi connectivity index (χ1v) is 10.8. The van der Waals surface area contributed by atoms with E-state index in [4.69, 9.17) is 0 Å². The van der Waals surface area contributed by atoms with Gasteiger partial charge in [-0.05, 0) is 88.9 Å². The second-order valence-corrected chi connectivity index (χ2v) is 10.4. The van der Waals surface area contributed by atoms with Crippen LogP contribution < -0.4 is 0 Å². The molecule has 2 amide bonds. The second kappa shape index (κ2) is 5.71. The molecule has 1 atom stereocenters. The van der Waals surface area contributed by atoms with Gasteiger partial charge in [0.15, 0.2) is 0 Å². The summed E-state index contributed by atoms with van der Waals surface area (Å²) < 4.78 is 0. The Labute approximate surface area is 162 Å². The number of hydrogen-bond donors (Lipinski definition) is 0. The maximum absolute atomic E-state index is 13.6. The van der Waals surface area contributed by atoms with Crippen molar-refractivity contribution in [2.24, 2.45) is 29.6 Å². The van der Waals surface area contributed by atoms with Crippen LogP contribution in [0.15, 0.2) is 23.3 Å². The van der Waals surface area contributed by atoms with Crippen LogP contribution in [0.5, 0.6) is 0 Å². The molecule has 0 spiro atoms. The van der Waals surface area contributed by atoms with Crippen molar-refractivity contribution in [3.05, 3.63) is 23.3 Å². The largest absolute Gasteiger partial charge is 0.273 e. The Bertz CT molecular complexity index is 734. The average molecular weight is 369 g/mol. The number of hydrazine groups is 1. The zero-order valence-electron chi connectivity index (χ0n) is 17.1. The third-order valence-electron chi connectivity index (χ3n) is 8.30. The highest BCUT2D eigenvalue weighted by Gasteiger charge is 2.62. The first kappa shape index (κ1) is 17.5. The lowest BCUT2D eigenvalue weighted by Gasteiger charge is -2.65. The van der Waals surface area contributed by atoms with E-state index in [1.165, 1.54) is 32.1 Å². The highest BCUT2D eigenvalue weighted by atomic mass is 16.2. The summed E-state index contributed by atoms with van der Waals surface area (Å²) in [6, 6.07) is 0.244. The van der Waals surface area contributed by atoms with Crippen LogP contribution in [0.3, 0.4) is 0 Å². The smallest absolute Gasteiger partial charge is 0.270 e. The van der Waals surface area contributed by atoms with Gasteiger partial charge in [-0.2, -0.15) is 0 Å². The van der Waals surface area contributed by atoms with Crippen LogP contribution in [0.2, 0.25) is 0 Å². The van der Waals surface area contributed by atoms with E-state index >= 15 is 0 Å². The summed E-state index contributed by atoms with van der Waals surface area (Å²) in [5, 5.41) is 3.73. The molecule has 1 aliphatic heterocycles. The maximum Gasteiger partial charge on any atom is 0.273 e. The minimum atomic E-state index is -0.729. The minimum absolute atomic E-state index is 0.0220. The maximum atomic E-state index is 13.6. The van der Waals surface area contributed by atoms with Crippen molar-refractivity contribution in [2.45, 2.75) is 77.8 Å². The molecule has 4 bridgehead atoms. The lowest BCUT2D eigenvalue weighted by Crippen LogP contribution is -2.81. The van der Waals surface area contributed by atoms with Gasteiger partial charge < -0.3 is 0 Å². The average Bonchev–Trinajstić information content (AvgIpc) is 2.61. The molecule has 0 aromatic rings. The van der Waals surface area contributed by atoms with Gasteiger partial charge >= 0.3 is 0 Å². The van der Waals surface area contributed by atoms with Crippen molar-refractivity contribution in [2.75, 3.05) is 0 Å². The van der Waals surface area contributed by atoms with E-state index < -0.39 is 5.54 Å². The summed E-state index contributed by atoms with van der Waals surface area (Å²) in [5.74, 6) is 3.46. The molecule has 1 saturated heterocycles. The van der Waals surface area contributed by atoms with E-state index in [0.717, 1.165) is 29.4 Å². The zero-order chi connectivity index (χ0) is 19.1. The number of nitrogens with zero attached hydrogens (tertiary/aromatic N) is 2. The van der Waals surface area contributed by atoms with E-state index in [1.807, 2.05) is 29.9 Å². The van der Waals surface area contributed by atoms with Crippen molar-refractivity contribution in [3.8, 4) is 0 Å². The Morgan fingerprint density at radius 3 is 2.26 bits per heavy atom. The van der Waals surface area contributed by atoms with Crippen molar-refractivity contribution in [1.82, 2.24) is 10.0 Å². The van der Waals surface area contributed by atoms with Gasteiger partial charge in [0, 0.05) is 5.57 Å². The highest BCUT2D eigenvalue weighted by Crippen LogP contribution is 2.57. The highest BCUT2D eigenvalue weighted by molar-refractivity contribution is 6.06. The molecule has 6 rings (SSSR count). The molecule has 6 aliphatic rings. The molecule has 4 saturated carbocycles. The second-order valence-electron chi connectivity index (χ2n) is 10.4. The van der Waals surface area contributed by atoms with Crippen LogP contribution in [-0.2, 0) is 9.59 Å². The summed E-state index contributed by atoms with van der Waals surface area (Å²) in [5.41, 5.74) is 1.22. The SMILES string of the molecule is CC1=C(C(=O)N2N(C3C4CC5CC(C4)CC3C5)C(=O)C2(C)C)C=CCC1C. The molecule has 0 aromatic heterocycles. The lowest BCUT2D eigenvalue weighted by molar-refractivity contribution is -0.242. The lowest BCUT2D eigenvalue weighted by atomic mass is 9.53. The fraction of sp³-hybridized carbons (Fsp3) is 0.739. The fourth-order valence-corrected chi connectivity index (χ4v) is 6.92. The summed E-state index contributed by atoms with van der Waals surface area (Å²) in [6.45, 7) is 8.06. The molecule has 0 N–H and O–H groups in total. The van der Waals surface area contributed by atoms with Crippen LogP contribution in [0, 0.1) is 29.6 Å². The molecule has 146 valence electrons. The first-order chi connectivity index (χ1) is 12.8. The van der Waals surface area contributed by atoms with Crippen LogP contribution >= 0.6 is 0 Å². The number of carbonyl (C=O) groups is 2. The first-order valence-electron chi connectivity index (χ1n) is 10.8. The predicted octanol–water partition coefficient (Wildman–Crippen LogP) is 4.09. The number of hydrogen-bond acceptors (Lipinski definition) is 2. The van der Waals surface area contributed by atoms with E-state index in [-0.39, 0.29) is 17.9 Å². The van der Waals surface area contributed by atoms with Crippen LogP contribution in [0.1, 0.15) is 66.2 Å². The zero-order valence-corrected chi connectivity index (χ0v) is 17.1. The normalized spacial score (nSPS) is 42.0. The molecule has 4 nitrogen and oxygen atoms in total. The third-order valence-corrected chi connectivity index (χ3v) is 8.30. The summed E-state index contributed by atoms with van der Waals surface area (Å²) >= 11 is 0. The van der Waals surface area contributed by atoms with E-state index in [9.17, 15) is 9.59 Å². The molecule has 5 fully saturated rings. The molecule has 0 radical (unpaired) electrons. The van der Waals surface area contributed by atoms with Crippen LogP contribution in [-0.4, -0.2) is 33.4 Å². The molecule has 5 aliphatic carbocycles. The van der Waals surface area contributed by atoms with Gasteiger partial charge in [-0.25, -0.2) is 10.0 Å². The van der Waals surface area contributed by atoms with Crippen molar-refractivity contribution in [1.29, 1.82) is 0 Å². The Morgan fingerprint density at radius 2 is 1.67 bits per heavy atom. The molecule has 0 aromatic carbocycles. The Hall–Kier alpha value is -1.58. The van der Waals surface area contributed by atoms with E-state index in [2.05, 4.69) is 19.9 Å². The van der Waals surface area contributed by atoms with Gasteiger partial charge in [0.1, 0.15) is 5.54 Å². The predicted molar refractivity (Wildman–Crippen MR) is 104 cm³/mol. The van der Waals surface area contributed by atoms with Gasteiger partial charge in [0.25, 0.3) is 11.8 Å². The van der Waals surface area contributed by atoms with Gasteiger partial charge in [-0.1, -0.05) is 24.6 Å². The topological polar surface area (TPSA) is 40.6 Å². The fourth-order valence-electron chi connectivity index (χ4n) is 6.92. The van der Waals surface area contributed by atoms with Crippen LogP contribution in [0.25, 0.3) is 0 Å². The Morgan fingerprint density at radius 1 is 1.07 bits per heavy atom. The summed E-state index contributed by atoms with van der Waals surface area (Å²) in [4.78, 5) is 26.7. The van der Waals surface area contributed by atoms with Crippen molar-refractivity contribution >= 4 is 11.8 Å². The number of allylic oxidation sites excluding steroid dienone is 2. The summed E-state index contributed by atoms with van der Waals surface area (Å²) in [7, 11) is 0.